The minimum absolute atomic E-state index is 0.00494. The number of carbonyl (C=O) groups excluding carboxylic acids is 1. The Hall–Kier alpha value is -2.10. The van der Waals surface area contributed by atoms with Gasteiger partial charge in [0.05, 0.1) is 11.1 Å². The fourth-order valence-electron chi connectivity index (χ4n) is 4.00. The maximum atomic E-state index is 12.4. The van der Waals surface area contributed by atoms with Crippen molar-refractivity contribution >= 4 is 56.6 Å². The Morgan fingerprint density at radius 1 is 1.16 bits per heavy atom. The quantitative estimate of drug-likeness (QED) is 0.320. The summed E-state index contributed by atoms with van der Waals surface area (Å²) in [4.78, 5) is 19.8. The van der Waals surface area contributed by atoms with Crippen LogP contribution in [0.25, 0.3) is 15.9 Å². The van der Waals surface area contributed by atoms with Crippen molar-refractivity contribution < 1.29 is 4.79 Å². The van der Waals surface area contributed by atoms with E-state index < -0.39 is 0 Å². The number of rotatable bonds is 7. The van der Waals surface area contributed by atoms with E-state index in [1.165, 1.54) is 40.6 Å². The Labute approximate surface area is 193 Å². The summed E-state index contributed by atoms with van der Waals surface area (Å²) in [7, 11) is 0. The van der Waals surface area contributed by atoms with Crippen molar-refractivity contribution in [2.45, 2.75) is 42.4 Å². The zero-order valence-electron chi connectivity index (χ0n) is 17.3. The molecule has 0 unspecified atom stereocenters. The van der Waals surface area contributed by atoms with Crippen LogP contribution in [0.1, 0.15) is 28.8 Å². The second kappa shape index (κ2) is 9.18. The molecule has 0 bridgehead atoms. The molecule has 0 saturated heterocycles. The second-order valence-corrected chi connectivity index (χ2v) is 10.3. The number of fused-ring (bicyclic) bond motifs is 5. The molecule has 3 aromatic heterocycles. The van der Waals surface area contributed by atoms with Gasteiger partial charge in [0.1, 0.15) is 4.83 Å². The van der Waals surface area contributed by atoms with Gasteiger partial charge in [-0.1, -0.05) is 53.9 Å². The molecule has 1 aliphatic rings. The number of nitrogens with zero attached hydrogens (tertiary/aromatic N) is 4. The molecule has 0 saturated carbocycles. The third-order valence-electron chi connectivity index (χ3n) is 5.49. The molecule has 1 amide bonds. The molecular weight excluding hydrogens is 446 g/mol. The highest BCUT2D eigenvalue weighted by Crippen LogP contribution is 2.39. The number of nitrogens with one attached hydrogen (secondary N) is 1. The summed E-state index contributed by atoms with van der Waals surface area (Å²) in [6.07, 6.45) is 7.53. The van der Waals surface area contributed by atoms with Gasteiger partial charge in [-0.3, -0.25) is 4.79 Å². The van der Waals surface area contributed by atoms with Crippen LogP contribution >= 0.6 is 34.9 Å². The lowest BCUT2D eigenvalue weighted by Gasteiger charge is -2.10. The number of thioether (sulfide) groups is 2. The Kier molecular flexibility index (Phi) is 6.15. The molecule has 160 valence electrons. The Morgan fingerprint density at radius 2 is 2.00 bits per heavy atom. The van der Waals surface area contributed by atoms with Crippen molar-refractivity contribution in [1.29, 1.82) is 0 Å². The van der Waals surface area contributed by atoms with Crippen LogP contribution in [0.2, 0.25) is 0 Å². The van der Waals surface area contributed by atoms with Crippen molar-refractivity contribution in [3.63, 3.8) is 0 Å². The van der Waals surface area contributed by atoms with E-state index in [2.05, 4.69) is 27.6 Å². The number of aryl methyl sites for hydroxylation is 2. The summed E-state index contributed by atoms with van der Waals surface area (Å²) < 4.78 is 2.02. The van der Waals surface area contributed by atoms with E-state index in [0.29, 0.717) is 12.3 Å². The number of aromatic nitrogens is 4. The van der Waals surface area contributed by atoms with Gasteiger partial charge in [-0.15, -0.1) is 21.5 Å². The molecular formula is C22H23N5OS3. The third-order valence-corrected chi connectivity index (χ3v) is 8.25. The molecule has 5 rings (SSSR count). The van der Waals surface area contributed by atoms with Gasteiger partial charge in [0.15, 0.2) is 16.0 Å². The van der Waals surface area contributed by atoms with Gasteiger partial charge in [0, 0.05) is 11.4 Å². The SMILES string of the molecule is CSc1nc2sc3c(c2c2nnc(SCC(=O)NCCc4ccccc4)n12)CCCC3. The zero-order chi connectivity index (χ0) is 21.2. The van der Waals surface area contributed by atoms with E-state index in [1.807, 2.05) is 28.9 Å². The molecule has 9 heteroatoms. The Morgan fingerprint density at radius 3 is 2.84 bits per heavy atom. The first-order valence-corrected chi connectivity index (χ1v) is 13.4. The number of carbonyl (C=O) groups is 1. The molecule has 4 aromatic rings. The van der Waals surface area contributed by atoms with Gasteiger partial charge in [-0.2, -0.15) is 0 Å². The summed E-state index contributed by atoms with van der Waals surface area (Å²) in [5.74, 6) is 0.314. The third kappa shape index (κ3) is 4.18. The average Bonchev–Trinajstić information content (AvgIpc) is 3.39. The smallest absolute Gasteiger partial charge is 0.230 e. The normalized spacial score (nSPS) is 13.6. The molecule has 31 heavy (non-hydrogen) atoms. The molecule has 3 heterocycles. The molecule has 6 nitrogen and oxygen atoms in total. The second-order valence-electron chi connectivity index (χ2n) is 7.51. The maximum Gasteiger partial charge on any atom is 0.230 e. The van der Waals surface area contributed by atoms with E-state index >= 15 is 0 Å². The van der Waals surface area contributed by atoms with E-state index in [0.717, 1.165) is 45.4 Å². The molecule has 0 aliphatic heterocycles. The van der Waals surface area contributed by atoms with Crippen LogP contribution in [0.3, 0.4) is 0 Å². The van der Waals surface area contributed by atoms with Gasteiger partial charge in [-0.05, 0) is 49.5 Å². The fraction of sp³-hybridized carbons (Fsp3) is 0.364. The number of benzene rings is 1. The molecule has 1 aliphatic carbocycles. The first-order chi connectivity index (χ1) is 15.2. The minimum Gasteiger partial charge on any atom is -0.355 e. The van der Waals surface area contributed by atoms with Crippen LogP contribution in [0.4, 0.5) is 0 Å². The van der Waals surface area contributed by atoms with Crippen LogP contribution in [-0.2, 0) is 24.1 Å². The Balaban J connectivity index is 1.33. The number of hydrogen-bond donors (Lipinski definition) is 1. The summed E-state index contributed by atoms with van der Waals surface area (Å²) >= 11 is 4.81. The van der Waals surface area contributed by atoms with E-state index in [-0.39, 0.29) is 5.91 Å². The number of amides is 1. The standard InChI is InChI=1S/C22H23N5OS3/c1-29-21-24-20-18(15-9-5-6-10-16(15)31-20)19-25-26-22(27(19)21)30-13-17(28)23-12-11-14-7-3-2-4-8-14/h2-4,7-8H,5-6,9-13H2,1H3,(H,23,28). The first kappa shape index (κ1) is 20.8. The zero-order valence-corrected chi connectivity index (χ0v) is 19.7. The molecule has 1 N–H and O–H groups in total. The van der Waals surface area contributed by atoms with Crippen molar-refractivity contribution in [3.05, 3.63) is 46.3 Å². The molecule has 0 fully saturated rings. The highest BCUT2D eigenvalue weighted by Gasteiger charge is 2.23. The lowest BCUT2D eigenvalue weighted by Crippen LogP contribution is -2.27. The summed E-state index contributed by atoms with van der Waals surface area (Å²) in [6, 6.07) is 10.2. The van der Waals surface area contributed by atoms with Gasteiger partial charge in [0.25, 0.3) is 0 Å². The molecule has 1 aromatic carbocycles. The lowest BCUT2D eigenvalue weighted by molar-refractivity contribution is -0.118. The van der Waals surface area contributed by atoms with Gasteiger partial charge < -0.3 is 5.32 Å². The monoisotopic (exact) mass is 469 g/mol. The number of thiophene rings is 1. The van der Waals surface area contributed by atoms with Crippen LogP contribution < -0.4 is 5.32 Å². The highest BCUT2D eigenvalue weighted by molar-refractivity contribution is 8.00. The average molecular weight is 470 g/mol. The van der Waals surface area contributed by atoms with Crippen LogP contribution in [0, 0.1) is 0 Å². The van der Waals surface area contributed by atoms with Gasteiger partial charge >= 0.3 is 0 Å². The van der Waals surface area contributed by atoms with E-state index in [4.69, 9.17) is 4.98 Å². The minimum atomic E-state index is 0.00494. The van der Waals surface area contributed by atoms with Crippen LogP contribution in [0.15, 0.2) is 40.6 Å². The summed E-state index contributed by atoms with van der Waals surface area (Å²) in [5, 5.41) is 14.7. The highest BCUT2D eigenvalue weighted by atomic mass is 32.2. The largest absolute Gasteiger partial charge is 0.355 e. The first-order valence-electron chi connectivity index (χ1n) is 10.4. The van der Waals surface area contributed by atoms with Crippen molar-refractivity contribution in [3.8, 4) is 0 Å². The van der Waals surface area contributed by atoms with Crippen LogP contribution in [0.5, 0.6) is 0 Å². The molecule has 0 atom stereocenters. The predicted octanol–water partition coefficient (Wildman–Crippen LogP) is 4.39. The van der Waals surface area contributed by atoms with Gasteiger partial charge in [-0.25, -0.2) is 9.38 Å². The van der Waals surface area contributed by atoms with Crippen molar-refractivity contribution in [1.82, 2.24) is 24.9 Å². The Bertz CT molecular complexity index is 1230. The van der Waals surface area contributed by atoms with Crippen molar-refractivity contribution in [2.75, 3.05) is 18.6 Å². The topological polar surface area (TPSA) is 72.2 Å². The summed E-state index contributed by atoms with van der Waals surface area (Å²) in [6.45, 7) is 0.628. The summed E-state index contributed by atoms with van der Waals surface area (Å²) in [5.41, 5.74) is 3.50. The van der Waals surface area contributed by atoms with E-state index in [1.54, 1.807) is 23.1 Å². The predicted molar refractivity (Wildman–Crippen MR) is 128 cm³/mol. The molecule has 0 spiro atoms. The van der Waals surface area contributed by atoms with Crippen LogP contribution in [-0.4, -0.2) is 44.0 Å². The number of hydrogen-bond acceptors (Lipinski definition) is 7. The fourth-order valence-corrected chi connectivity index (χ4v) is 6.68. The lowest BCUT2D eigenvalue weighted by atomic mass is 9.97. The van der Waals surface area contributed by atoms with Gasteiger partial charge in [0.2, 0.25) is 5.91 Å². The van der Waals surface area contributed by atoms with Crippen molar-refractivity contribution in [2.24, 2.45) is 0 Å². The maximum absolute atomic E-state index is 12.4. The molecule has 0 radical (unpaired) electrons. The van der Waals surface area contributed by atoms with E-state index in [9.17, 15) is 4.79 Å².